The number of hydrogen-bond donors (Lipinski definition) is 2. The Morgan fingerprint density at radius 1 is 0.333 bits per heavy atom. The van der Waals surface area contributed by atoms with Gasteiger partial charge >= 0.3 is 35.0 Å². The molecule has 0 aliphatic carbocycles. The second-order valence-electron chi connectivity index (χ2n) is 11.5. The van der Waals surface area contributed by atoms with Crippen LogP contribution in [0.5, 0.6) is 0 Å². The van der Waals surface area contributed by atoms with Crippen LogP contribution in [0.4, 0.5) is 0 Å². The molecule has 0 aromatic heterocycles. The molecule has 0 aromatic rings. The van der Waals surface area contributed by atoms with Gasteiger partial charge in [-0.3, -0.25) is 9.59 Å². The van der Waals surface area contributed by atoms with E-state index in [4.69, 9.17) is 10.2 Å². The normalized spacial score (nSPS) is 10.5. The van der Waals surface area contributed by atoms with Crippen LogP contribution in [0.1, 0.15) is 206 Å². The van der Waals surface area contributed by atoms with E-state index in [1.165, 1.54) is 154 Å². The quantitative estimate of drug-likeness (QED) is 0.0669. The van der Waals surface area contributed by atoms with Crippen LogP contribution in [-0.2, 0) is 9.59 Å². The molecular weight excluding hydrogens is 497 g/mol. The van der Waals surface area contributed by atoms with Gasteiger partial charge in [0.25, 0.3) is 0 Å². The summed E-state index contributed by atoms with van der Waals surface area (Å²) in [5.41, 5.74) is 0. The molecular formula is C34H70MgO4. The molecule has 0 aromatic carbocycles. The molecule has 0 amide bonds. The van der Waals surface area contributed by atoms with E-state index in [-0.39, 0.29) is 23.1 Å². The maximum Gasteiger partial charge on any atom is 0.316 e. The van der Waals surface area contributed by atoms with E-state index < -0.39 is 11.9 Å². The van der Waals surface area contributed by atoms with Crippen molar-refractivity contribution in [3.8, 4) is 0 Å². The van der Waals surface area contributed by atoms with Crippen LogP contribution in [0.25, 0.3) is 0 Å². The molecule has 0 aliphatic rings. The van der Waals surface area contributed by atoms with E-state index in [9.17, 15) is 9.59 Å². The van der Waals surface area contributed by atoms with Crippen LogP contribution in [0.15, 0.2) is 0 Å². The molecule has 0 rings (SSSR count). The molecule has 0 spiro atoms. The molecule has 0 saturated heterocycles. The van der Waals surface area contributed by atoms with Crippen LogP contribution in [-0.4, -0.2) is 45.2 Å². The molecule has 2 N–H and O–H groups in total. The summed E-state index contributed by atoms with van der Waals surface area (Å²) in [6.45, 7) is 4.53. The number of rotatable bonds is 30. The average Bonchev–Trinajstić information content (AvgIpc) is 2.89. The highest BCUT2D eigenvalue weighted by Crippen LogP contribution is 2.14. The lowest BCUT2D eigenvalue weighted by molar-refractivity contribution is -0.138. The number of hydrogen-bond acceptors (Lipinski definition) is 2. The van der Waals surface area contributed by atoms with Gasteiger partial charge in [0.05, 0.1) is 0 Å². The molecule has 0 atom stereocenters. The molecule has 5 heteroatoms. The molecule has 39 heavy (non-hydrogen) atoms. The molecule has 0 aliphatic heterocycles. The van der Waals surface area contributed by atoms with Gasteiger partial charge in [-0.15, -0.1) is 0 Å². The Hall–Kier alpha value is -0.294. The Labute approximate surface area is 260 Å². The van der Waals surface area contributed by atoms with Crippen molar-refractivity contribution in [1.82, 2.24) is 0 Å². The number of unbranched alkanes of at least 4 members (excludes halogenated alkanes) is 26. The summed E-state index contributed by atoms with van der Waals surface area (Å²) in [6, 6.07) is 0. The van der Waals surface area contributed by atoms with Crippen molar-refractivity contribution in [2.45, 2.75) is 206 Å². The summed E-state index contributed by atoms with van der Waals surface area (Å²) in [6.07, 6.45) is 37.5. The standard InChI is InChI=1S/C18H36O2.C16H32O2.Mg.2H/c1-2-3-4-5-6-7-8-9-10-11-12-13-14-15-16-17-18(19)20;1-2-3-4-5-6-7-8-9-10-11-12-13-14-15-16(17)18;;;/h2-17H2,1H3,(H,19,20);2-15H2,1H3,(H,17,18);;;. The zero-order valence-corrected chi connectivity index (χ0v) is 25.9. The summed E-state index contributed by atoms with van der Waals surface area (Å²) < 4.78 is 0. The fourth-order valence-electron chi connectivity index (χ4n) is 4.94. The summed E-state index contributed by atoms with van der Waals surface area (Å²) >= 11 is 0. The average molecular weight is 567 g/mol. The SMILES string of the molecule is CCCCCCCCCCCCCCCC(=O)O.CCCCCCCCCCCCCCCCCC(=O)O.[MgH2]. The van der Waals surface area contributed by atoms with Crippen molar-refractivity contribution in [2.75, 3.05) is 0 Å². The third-order valence-electron chi connectivity index (χ3n) is 7.49. The van der Waals surface area contributed by atoms with E-state index in [1.807, 2.05) is 0 Å². The van der Waals surface area contributed by atoms with E-state index in [0.717, 1.165) is 25.7 Å². The van der Waals surface area contributed by atoms with Gasteiger partial charge in [0.2, 0.25) is 0 Å². The second-order valence-corrected chi connectivity index (χ2v) is 11.5. The molecule has 0 heterocycles. The van der Waals surface area contributed by atoms with Crippen molar-refractivity contribution in [2.24, 2.45) is 0 Å². The Balaban J connectivity index is -0.000000651. The lowest BCUT2D eigenvalue weighted by Crippen LogP contribution is -1.93. The lowest BCUT2D eigenvalue weighted by Gasteiger charge is -2.03. The van der Waals surface area contributed by atoms with Crippen LogP contribution in [0.3, 0.4) is 0 Å². The van der Waals surface area contributed by atoms with Gasteiger partial charge in [-0.05, 0) is 12.8 Å². The van der Waals surface area contributed by atoms with Gasteiger partial charge in [0.1, 0.15) is 0 Å². The molecule has 0 saturated carbocycles. The van der Waals surface area contributed by atoms with E-state index >= 15 is 0 Å². The van der Waals surface area contributed by atoms with Gasteiger partial charge in [0.15, 0.2) is 0 Å². The third kappa shape index (κ3) is 47.8. The van der Waals surface area contributed by atoms with Gasteiger partial charge in [-0.2, -0.15) is 0 Å². The number of aliphatic carboxylic acids is 2. The summed E-state index contributed by atoms with van der Waals surface area (Å²) in [7, 11) is 0. The summed E-state index contributed by atoms with van der Waals surface area (Å²) in [5.74, 6) is -1.31. The van der Waals surface area contributed by atoms with E-state index in [1.54, 1.807) is 0 Å². The summed E-state index contributed by atoms with van der Waals surface area (Å²) in [5, 5.41) is 17.0. The highest BCUT2D eigenvalue weighted by atomic mass is 24.3. The molecule has 0 bridgehead atoms. The van der Waals surface area contributed by atoms with Crippen molar-refractivity contribution in [1.29, 1.82) is 0 Å². The van der Waals surface area contributed by atoms with E-state index in [2.05, 4.69) is 13.8 Å². The molecule has 0 unspecified atom stereocenters. The van der Waals surface area contributed by atoms with Gasteiger partial charge in [-0.1, -0.05) is 181 Å². The Morgan fingerprint density at radius 3 is 0.641 bits per heavy atom. The number of carbonyl (C=O) groups is 2. The van der Waals surface area contributed by atoms with Gasteiger partial charge in [0, 0.05) is 12.8 Å². The Morgan fingerprint density at radius 2 is 0.487 bits per heavy atom. The first-order chi connectivity index (χ1) is 18.5. The predicted molar refractivity (Wildman–Crippen MR) is 174 cm³/mol. The number of carboxylic acid groups (broad SMARTS) is 2. The van der Waals surface area contributed by atoms with Crippen molar-refractivity contribution in [3.05, 3.63) is 0 Å². The van der Waals surface area contributed by atoms with Crippen molar-refractivity contribution < 1.29 is 19.8 Å². The largest absolute Gasteiger partial charge is 0.481 e. The minimum Gasteiger partial charge on any atom is -0.481 e. The fourth-order valence-corrected chi connectivity index (χ4v) is 4.94. The first-order valence-corrected chi connectivity index (χ1v) is 17.0. The van der Waals surface area contributed by atoms with Crippen LogP contribution in [0, 0.1) is 0 Å². The van der Waals surface area contributed by atoms with Crippen LogP contribution >= 0.6 is 0 Å². The zero-order valence-electron chi connectivity index (χ0n) is 25.9. The first kappa shape index (κ1) is 43.2. The first-order valence-electron chi connectivity index (χ1n) is 17.0. The van der Waals surface area contributed by atoms with Crippen LogP contribution < -0.4 is 0 Å². The molecule has 4 nitrogen and oxygen atoms in total. The maximum absolute atomic E-state index is 10.3. The predicted octanol–water partition coefficient (Wildman–Crippen LogP) is 11.0. The maximum atomic E-state index is 10.3. The molecule has 232 valence electrons. The minimum absolute atomic E-state index is 0. The van der Waals surface area contributed by atoms with Gasteiger partial charge in [-0.25, -0.2) is 0 Å². The smallest absolute Gasteiger partial charge is 0.316 e. The fraction of sp³-hybridized carbons (Fsp3) is 0.941. The monoisotopic (exact) mass is 567 g/mol. The second kappa shape index (κ2) is 39.8. The topological polar surface area (TPSA) is 74.6 Å². The lowest BCUT2D eigenvalue weighted by atomic mass is 10.0. The highest BCUT2D eigenvalue weighted by Gasteiger charge is 1.98. The number of carboxylic acids is 2. The Bertz CT molecular complexity index is 470. The minimum atomic E-state index is -0.655. The Kier molecular flexibility index (Phi) is 44.1. The third-order valence-corrected chi connectivity index (χ3v) is 7.49. The molecule has 0 radical (unpaired) electrons. The van der Waals surface area contributed by atoms with Crippen molar-refractivity contribution >= 4 is 35.0 Å². The zero-order chi connectivity index (χ0) is 28.4. The highest BCUT2D eigenvalue weighted by molar-refractivity contribution is 5.75. The van der Waals surface area contributed by atoms with Gasteiger partial charge < -0.3 is 10.2 Å². The van der Waals surface area contributed by atoms with E-state index in [0.29, 0.717) is 12.8 Å². The molecule has 0 fully saturated rings. The van der Waals surface area contributed by atoms with Crippen LogP contribution in [0.2, 0.25) is 0 Å². The van der Waals surface area contributed by atoms with Crippen molar-refractivity contribution in [3.63, 3.8) is 0 Å². The summed E-state index contributed by atoms with van der Waals surface area (Å²) in [4.78, 5) is 20.6.